The summed E-state index contributed by atoms with van der Waals surface area (Å²) in [6, 6.07) is 5.88. The van der Waals surface area contributed by atoms with Crippen molar-refractivity contribution in [3.63, 3.8) is 0 Å². The molecule has 0 atom stereocenters. The Morgan fingerprint density at radius 2 is 1.14 bits per heavy atom. The number of nitrogens with two attached hydrogens (primary N) is 3. The fourth-order valence-corrected chi connectivity index (χ4v) is 2.09. The monoisotopic (exact) mass is 283 g/mol. The van der Waals surface area contributed by atoms with Crippen LogP contribution in [0, 0.1) is 16.6 Å². The summed E-state index contributed by atoms with van der Waals surface area (Å²) in [5.74, 6) is 0. The van der Waals surface area contributed by atoms with Gasteiger partial charge in [-0.2, -0.15) is 15.3 Å². The first kappa shape index (κ1) is 14.1. The highest BCUT2D eigenvalue weighted by molar-refractivity contribution is 5.99. The molecule has 2 rings (SSSR count). The lowest BCUT2D eigenvalue weighted by molar-refractivity contribution is 1.10. The lowest BCUT2D eigenvalue weighted by Gasteiger charge is -2.14. The Labute approximate surface area is 119 Å². The van der Waals surface area contributed by atoms with Gasteiger partial charge in [0.25, 0.3) is 0 Å². The van der Waals surface area contributed by atoms with E-state index in [1.165, 1.54) is 24.3 Å². The molecule has 9 N–H and O–H groups in total. The van der Waals surface area contributed by atoms with Crippen molar-refractivity contribution in [2.24, 2.45) is 15.3 Å². The van der Waals surface area contributed by atoms with Crippen molar-refractivity contribution in [1.82, 2.24) is 0 Å². The van der Waals surface area contributed by atoms with Crippen LogP contribution in [0.15, 0.2) is 39.6 Å². The number of hydrogen-bond donors (Lipinski definition) is 6. The molecule has 9 heteroatoms. The van der Waals surface area contributed by atoms with Crippen LogP contribution >= 0.6 is 0 Å². The fraction of sp³-hybridized carbons (Fsp3) is 0. The molecular weight excluding hydrogens is 270 g/mol. The molecule has 0 spiro atoms. The Morgan fingerprint density at radius 3 is 1.52 bits per heavy atom. The van der Waals surface area contributed by atoms with E-state index in [1.54, 1.807) is 0 Å². The third-order valence-electron chi connectivity index (χ3n) is 2.92. The lowest BCUT2D eigenvalue weighted by atomic mass is 9.97. The summed E-state index contributed by atoms with van der Waals surface area (Å²) in [6.07, 6.45) is 0. The van der Waals surface area contributed by atoms with E-state index in [9.17, 15) is 0 Å². The summed E-state index contributed by atoms with van der Waals surface area (Å²) in [5.41, 5.74) is 41.4. The van der Waals surface area contributed by atoms with Crippen molar-refractivity contribution in [3.8, 4) is 11.1 Å². The maximum absolute atomic E-state index is 7.27. The van der Waals surface area contributed by atoms with E-state index in [0.717, 1.165) is 0 Å². The van der Waals surface area contributed by atoms with Gasteiger partial charge in [-0.1, -0.05) is 0 Å². The van der Waals surface area contributed by atoms with E-state index in [2.05, 4.69) is 15.3 Å². The Bertz CT molecular complexity index is 698. The third-order valence-corrected chi connectivity index (χ3v) is 2.92. The van der Waals surface area contributed by atoms with E-state index in [0.29, 0.717) is 16.8 Å². The van der Waals surface area contributed by atoms with Crippen LogP contribution in [0.4, 0.5) is 34.1 Å². The van der Waals surface area contributed by atoms with Gasteiger partial charge in [0, 0.05) is 28.2 Å². The zero-order chi connectivity index (χ0) is 15.6. The minimum atomic E-state index is 0.165. The van der Waals surface area contributed by atoms with Gasteiger partial charge in [0.05, 0.1) is 17.1 Å². The molecule has 106 valence electrons. The molecule has 0 saturated heterocycles. The van der Waals surface area contributed by atoms with Crippen LogP contribution < -0.4 is 17.2 Å². The van der Waals surface area contributed by atoms with Gasteiger partial charge in [0.1, 0.15) is 0 Å². The molecule has 0 aliphatic heterocycles. The molecule has 0 aromatic heterocycles. The van der Waals surface area contributed by atoms with Crippen molar-refractivity contribution in [2.45, 2.75) is 0 Å². The number of rotatable bonds is 4. The molecule has 9 nitrogen and oxygen atoms in total. The van der Waals surface area contributed by atoms with Crippen molar-refractivity contribution < 1.29 is 0 Å². The molecule has 0 amide bonds. The van der Waals surface area contributed by atoms with Gasteiger partial charge in [-0.15, -0.1) is 0 Å². The van der Waals surface area contributed by atoms with Crippen molar-refractivity contribution in [3.05, 3.63) is 24.3 Å². The SMILES string of the molecule is N=Nc1cc(N=N)c(-c2c(N)cc(N)cc2N)c(N=N)c1. The molecular formula is C12H13N9. The molecule has 21 heavy (non-hydrogen) atoms. The van der Waals surface area contributed by atoms with Gasteiger partial charge in [0.2, 0.25) is 0 Å². The molecule has 2 aromatic carbocycles. The number of anilines is 3. The molecule has 0 saturated carbocycles. The zero-order valence-corrected chi connectivity index (χ0v) is 10.9. The average molecular weight is 283 g/mol. The Balaban J connectivity index is 2.89. The largest absolute Gasteiger partial charge is 0.399 e. The quantitative estimate of drug-likeness (QED) is 0.365. The van der Waals surface area contributed by atoms with E-state index in [-0.39, 0.29) is 28.4 Å². The minimum absolute atomic E-state index is 0.165. The first-order chi connectivity index (χ1) is 10.0. The van der Waals surface area contributed by atoms with Crippen LogP contribution in [-0.4, -0.2) is 0 Å². The number of nitrogens with one attached hydrogen (secondary N) is 3. The van der Waals surface area contributed by atoms with Crippen molar-refractivity contribution in [2.75, 3.05) is 17.2 Å². The van der Waals surface area contributed by atoms with E-state index in [1.807, 2.05) is 0 Å². The van der Waals surface area contributed by atoms with Gasteiger partial charge >= 0.3 is 0 Å². The predicted octanol–water partition coefficient (Wildman–Crippen LogP) is 4.09. The predicted molar refractivity (Wildman–Crippen MR) is 79.5 cm³/mol. The Morgan fingerprint density at radius 1 is 0.667 bits per heavy atom. The first-order valence-electron chi connectivity index (χ1n) is 5.77. The van der Waals surface area contributed by atoms with E-state index < -0.39 is 0 Å². The van der Waals surface area contributed by atoms with Crippen LogP contribution in [-0.2, 0) is 0 Å². The maximum atomic E-state index is 7.27. The number of nitrogen functional groups attached to an aromatic ring is 3. The van der Waals surface area contributed by atoms with Gasteiger partial charge in [0.15, 0.2) is 0 Å². The highest BCUT2D eigenvalue weighted by Crippen LogP contribution is 2.46. The van der Waals surface area contributed by atoms with E-state index >= 15 is 0 Å². The van der Waals surface area contributed by atoms with E-state index in [4.69, 9.17) is 33.8 Å². The number of hydrogen-bond acceptors (Lipinski definition) is 9. The molecule has 0 bridgehead atoms. The second-order valence-corrected chi connectivity index (χ2v) is 4.27. The molecule has 0 aliphatic carbocycles. The van der Waals surface area contributed by atoms with Crippen LogP contribution in [0.25, 0.3) is 11.1 Å². The maximum Gasteiger partial charge on any atom is 0.0974 e. The third kappa shape index (κ3) is 2.39. The second kappa shape index (κ2) is 5.33. The number of nitrogens with zero attached hydrogens (tertiary/aromatic N) is 3. The Kier molecular flexibility index (Phi) is 3.57. The summed E-state index contributed by atoms with van der Waals surface area (Å²) >= 11 is 0. The summed E-state index contributed by atoms with van der Waals surface area (Å²) in [5, 5.41) is 10.0. The van der Waals surface area contributed by atoms with Gasteiger partial charge in [-0.05, 0) is 24.3 Å². The molecule has 0 radical (unpaired) electrons. The number of benzene rings is 2. The summed E-state index contributed by atoms with van der Waals surface area (Å²) in [6.45, 7) is 0. The normalized spacial score (nSPS) is 10.1. The van der Waals surface area contributed by atoms with Gasteiger partial charge in [-0.3, -0.25) is 0 Å². The first-order valence-corrected chi connectivity index (χ1v) is 5.77. The fourth-order valence-electron chi connectivity index (χ4n) is 2.09. The minimum Gasteiger partial charge on any atom is -0.399 e. The lowest BCUT2D eigenvalue weighted by Crippen LogP contribution is -1.99. The molecule has 0 fully saturated rings. The molecule has 0 heterocycles. The van der Waals surface area contributed by atoms with Crippen LogP contribution in [0.1, 0.15) is 0 Å². The molecule has 0 aliphatic rings. The average Bonchev–Trinajstić information content (AvgIpc) is 2.45. The summed E-state index contributed by atoms with van der Waals surface area (Å²) in [4.78, 5) is 0. The highest BCUT2D eigenvalue weighted by Gasteiger charge is 2.18. The molecule has 0 unspecified atom stereocenters. The topological polar surface area (TPSA) is 187 Å². The van der Waals surface area contributed by atoms with Crippen LogP contribution in [0.3, 0.4) is 0 Å². The summed E-state index contributed by atoms with van der Waals surface area (Å²) < 4.78 is 0. The van der Waals surface area contributed by atoms with Crippen LogP contribution in [0.2, 0.25) is 0 Å². The molecule has 2 aromatic rings. The van der Waals surface area contributed by atoms with Crippen LogP contribution in [0.5, 0.6) is 0 Å². The van der Waals surface area contributed by atoms with Crippen molar-refractivity contribution >= 4 is 34.1 Å². The van der Waals surface area contributed by atoms with Crippen molar-refractivity contribution in [1.29, 1.82) is 16.6 Å². The smallest absolute Gasteiger partial charge is 0.0974 e. The standard InChI is InChI=1S/C12H13N9/c13-5-1-7(14)11(8(15)2-5)12-9(20-17)3-6(19-16)4-10(12)21-18/h1-4,16-18H,13-15H2. The Hall–Kier alpha value is -3.36. The van der Waals surface area contributed by atoms with Gasteiger partial charge in [-0.25, -0.2) is 16.6 Å². The second-order valence-electron chi connectivity index (χ2n) is 4.27. The summed E-state index contributed by atoms with van der Waals surface area (Å²) in [7, 11) is 0. The van der Waals surface area contributed by atoms with Gasteiger partial charge < -0.3 is 17.2 Å². The zero-order valence-electron chi connectivity index (χ0n) is 10.9. The highest BCUT2D eigenvalue weighted by atomic mass is 15.0.